The summed E-state index contributed by atoms with van der Waals surface area (Å²) in [5.41, 5.74) is -0.981. The fourth-order valence-corrected chi connectivity index (χ4v) is 1.47. The van der Waals surface area contributed by atoms with Crippen molar-refractivity contribution < 1.29 is 27.2 Å². The SMILES string of the molecule is O=P(O)(Cl)Oc1cccc(C(F)(F)F)c1. The second-order valence-corrected chi connectivity index (χ2v) is 4.94. The normalized spacial score (nSPS) is 15.8. The van der Waals surface area contributed by atoms with Gasteiger partial charge in [-0.2, -0.15) is 13.2 Å². The van der Waals surface area contributed by atoms with Gasteiger partial charge in [-0.3, -0.25) is 0 Å². The van der Waals surface area contributed by atoms with Crippen LogP contribution in [0.4, 0.5) is 13.2 Å². The number of halogens is 4. The van der Waals surface area contributed by atoms with Crippen LogP contribution in [0.2, 0.25) is 0 Å². The minimum absolute atomic E-state index is 0.411. The molecule has 84 valence electrons. The fourth-order valence-electron chi connectivity index (χ4n) is 0.859. The van der Waals surface area contributed by atoms with Crippen molar-refractivity contribution in [3.63, 3.8) is 0 Å². The molecule has 0 saturated carbocycles. The highest BCUT2D eigenvalue weighted by Gasteiger charge is 2.31. The van der Waals surface area contributed by atoms with Gasteiger partial charge in [0.2, 0.25) is 0 Å². The second-order valence-electron chi connectivity index (χ2n) is 2.57. The standard InChI is InChI=1S/C7H5ClF3O3P/c8-15(12,13)14-6-3-1-2-5(4-6)7(9,10)11/h1-4H,(H,12,13). The molecule has 0 fully saturated rings. The number of hydrogen-bond acceptors (Lipinski definition) is 2. The molecule has 1 aromatic rings. The minimum atomic E-state index is -4.54. The number of rotatable bonds is 2. The molecule has 0 aliphatic carbocycles. The van der Waals surface area contributed by atoms with Crippen LogP contribution < -0.4 is 4.52 Å². The van der Waals surface area contributed by atoms with Gasteiger partial charge in [0.25, 0.3) is 0 Å². The van der Waals surface area contributed by atoms with Crippen molar-refractivity contribution in [2.45, 2.75) is 6.18 Å². The summed E-state index contributed by atoms with van der Waals surface area (Å²) in [7, 11) is 0. The van der Waals surface area contributed by atoms with Crippen molar-refractivity contribution in [3.8, 4) is 5.75 Å². The maximum absolute atomic E-state index is 12.2. The van der Waals surface area contributed by atoms with Crippen LogP contribution >= 0.6 is 18.2 Å². The fraction of sp³-hybridized carbons (Fsp3) is 0.143. The minimum Gasteiger partial charge on any atom is -0.413 e. The Morgan fingerprint density at radius 2 is 2.00 bits per heavy atom. The van der Waals surface area contributed by atoms with Gasteiger partial charge >= 0.3 is 13.1 Å². The third-order valence-corrected chi connectivity index (χ3v) is 2.02. The Hall–Kier alpha value is -0.710. The molecule has 0 spiro atoms. The van der Waals surface area contributed by atoms with Crippen LogP contribution in [-0.2, 0) is 10.7 Å². The molecule has 0 amide bonds. The molecule has 0 aromatic heterocycles. The number of benzene rings is 1. The van der Waals surface area contributed by atoms with Crippen molar-refractivity contribution >= 4 is 18.2 Å². The number of hydrogen-bond donors (Lipinski definition) is 1. The van der Waals surface area contributed by atoms with Crippen LogP contribution in [0.3, 0.4) is 0 Å². The summed E-state index contributed by atoms with van der Waals surface area (Å²) in [6, 6.07) is 3.54. The summed E-state index contributed by atoms with van der Waals surface area (Å²) in [5.74, 6) is -0.411. The van der Waals surface area contributed by atoms with E-state index < -0.39 is 24.4 Å². The molecule has 1 unspecified atom stereocenters. The molecule has 15 heavy (non-hydrogen) atoms. The van der Waals surface area contributed by atoms with Crippen molar-refractivity contribution in [1.29, 1.82) is 0 Å². The highest BCUT2D eigenvalue weighted by molar-refractivity contribution is 7.80. The molecule has 1 atom stereocenters. The van der Waals surface area contributed by atoms with E-state index in [2.05, 4.69) is 4.52 Å². The predicted octanol–water partition coefficient (Wildman–Crippen LogP) is 3.42. The third-order valence-electron chi connectivity index (χ3n) is 1.38. The lowest BCUT2D eigenvalue weighted by molar-refractivity contribution is -0.137. The Kier molecular flexibility index (Phi) is 3.33. The maximum Gasteiger partial charge on any atom is 0.474 e. The highest BCUT2D eigenvalue weighted by Crippen LogP contribution is 2.48. The van der Waals surface area contributed by atoms with Crippen molar-refractivity contribution in [2.24, 2.45) is 0 Å². The molecule has 1 rings (SSSR count). The Morgan fingerprint density at radius 3 is 2.47 bits per heavy atom. The van der Waals surface area contributed by atoms with Gasteiger partial charge in [-0.05, 0) is 18.2 Å². The zero-order valence-corrected chi connectivity index (χ0v) is 8.68. The molecule has 0 heterocycles. The molecular weight excluding hydrogens is 255 g/mol. The molecule has 0 saturated heterocycles. The monoisotopic (exact) mass is 260 g/mol. The third kappa shape index (κ3) is 4.11. The van der Waals surface area contributed by atoms with Gasteiger partial charge in [0.1, 0.15) is 5.75 Å². The summed E-state index contributed by atoms with van der Waals surface area (Å²) in [5, 5.41) is 0. The van der Waals surface area contributed by atoms with Crippen LogP contribution in [0, 0.1) is 0 Å². The van der Waals surface area contributed by atoms with Crippen molar-refractivity contribution in [3.05, 3.63) is 29.8 Å². The van der Waals surface area contributed by atoms with Gasteiger partial charge in [-0.25, -0.2) is 4.57 Å². The van der Waals surface area contributed by atoms with E-state index in [1.165, 1.54) is 0 Å². The highest BCUT2D eigenvalue weighted by atomic mass is 35.7. The van der Waals surface area contributed by atoms with Gasteiger partial charge in [0, 0.05) is 11.2 Å². The van der Waals surface area contributed by atoms with Gasteiger partial charge < -0.3 is 9.42 Å². The van der Waals surface area contributed by atoms with E-state index in [0.29, 0.717) is 6.07 Å². The first-order valence-corrected chi connectivity index (χ1v) is 6.06. The second kappa shape index (κ2) is 4.04. The Labute approximate surface area is 87.8 Å². The zero-order valence-electron chi connectivity index (χ0n) is 7.03. The van der Waals surface area contributed by atoms with Gasteiger partial charge in [-0.1, -0.05) is 6.07 Å². The largest absolute Gasteiger partial charge is 0.474 e. The summed E-state index contributed by atoms with van der Waals surface area (Å²) in [6.45, 7) is -4.35. The summed E-state index contributed by atoms with van der Waals surface area (Å²) >= 11 is 4.84. The average Bonchev–Trinajstić information content (AvgIpc) is 1.99. The molecule has 0 aliphatic heterocycles. The molecule has 3 nitrogen and oxygen atoms in total. The average molecular weight is 261 g/mol. The lowest BCUT2D eigenvalue weighted by Gasteiger charge is -2.10. The smallest absolute Gasteiger partial charge is 0.413 e. The number of alkyl halides is 3. The Balaban J connectivity index is 2.99. The van der Waals surface area contributed by atoms with Crippen LogP contribution in [0.1, 0.15) is 5.56 Å². The van der Waals surface area contributed by atoms with E-state index in [1.54, 1.807) is 0 Å². The van der Waals surface area contributed by atoms with E-state index in [9.17, 15) is 17.7 Å². The first-order chi connectivity index (χ1) is 6.68. The maximum atomic E-state index is 12.2. The summed E-state index contributed by atoms with van der Waals surface area (Å²) in [4.78, 5) is 8.58. The zero-order chi connectivity index (χ0) is 11.7. The van der Waals surface area contributed by atoms with E-state index in [4.69, 9.17) is 16.1 Å². The molecular formula is C7H5ClF3O3P. The van der Waals surface area contributed by atoms with E-state index in [1.807, 2.05) is 0 Å². The first-order valence-electron chi connectivity index (χ1n) is 3.58. The molecule has 8 heteroatoms. The van der Waals surface area contributed by atoms with Crippen LogP contribution in [0.5, 0.6) is 5.75 Å². The predicted molar refractivity (Wildman–Crippen MR) is 47.8 cm³/mol. The summed E-state index contributed by atoms with van der Waals surface area (Å²) < 4.78 is 51.3. The van der Waals surface area contributed by atoms with Crippen molar-refractivity contribution in [2.75, 3.05) is 0 Å². The van der Waals surface area contributed by atoms with Crippen LogP contribution in [0.15, 0.2) is 24.3 Å². The molecule has 0 bridgehead atoms. The summed E-state index contributed by atoms with van der Waals surface area (Å²) in [6.07, 6.45) is -4.54. The molecule has 1 N–H and O–H groups in total. The van der Waals surface area contributed by atoms with E-state index in [-0.39, 0.29) is 0 Å². The molecule has 0 radical (unpaired) electrons. The first kappa shape index (κ1) is 12.4. The topological polar surface area (TPSA) is 46.5 Å². The van der Waals surface area contributed by atoms with Crippen LogP contribution in [-0.4, -0.2) is 4.89 Å². The molecule has 1 aromatic carbocycles. The Morgan fingerprint density at radius 1 is 1.40 bits per heavy atom. The van der Waals surface area contributed by atoms with Crippen LogP contribution in [0.25, 0.3) is 0 Å². The van der Waals surface area contributed by atoms with E-state index >= 15 is 0 Å². The van der Waals surface area contributed by atoms with Crippen molar-refractivity contribution in [1.82, 2.24) is 0 Å². The lowest BCUT2D eigenvalue weighted by Crippen LogP contribution is -2.04. The van der Waals surface area contributed by atoms with Gasteiger partial charge in [-0.15, -0.1) is 0 Å². The van der Waals surface area contributed by atoms with E-state index in [0.717, 1.165) is 18.2 Å². The van der Waals surface area contributed by atoms with Gasteiger partial charge in [0.15, 0.2) is 0 Å². The quantitative estimate of drug-likeness (QED) is 0.829. The lowest BCUT2D eigenvalue weighted by atomic mass is 10.2. The molecule has 0 aliphatic rings. The van der Waals surface area contributed by atoms with Gasteiger partial charge in [0.05, 0.1) is 5.56 Å². The Bertz CT molecular complexity index is 401.